The SMILES string of the molecule is Oc1cccc(CNCC2(CCl)CCCC2)c1. The predicted octanol–water partition coefficient (Wildman–Crippen LogP) is 3.28. The van der Waals surface area contributed by atoms with Crippen molar-refractivity contribution in [3.63, 3.8) is 0 Å². The molecule has 0 atom stereocenters. The van der Waals surface area contributed by atoms with Crippen LogP contribution in [0.4, 0.5) is 0 Å². The van der Waals surface area contributed by atoms with Crippen LogP contribution in [0.1, 0.15) is 31.2 Å². The first-order valence-corrected chi connectivity index (χ1v) is 6.82. The predicted molar refractivity (Wildman–Crippen MR) is 71.4 cm³/mol. The van der Waals surface area contributed by atoms with Gasteiger partial charge in [-0.1, -0.05) is 25.0 Å². The molecule has 0 radical (unpaired) electrons. The zero-order valence-corrected chi connectivity index (χ0v) is 10.8. The smallest absolute Gasteiger partial charge is 0.115 e. The van der Waals surface area contributed by atoms with Gasteiger partial charge in [0.15, 0.2) is 0 Å². The number of halogens is 1. The number of aromatic hydroxyl groups is 1. The summed E-state index contributed by atoms with van der Waals surface area (Å²) in [5.74, 6) is 1.08. The molecule has 0 saturated heterocycles. The van der Waals surface area contributed by atoms with Crippen molar-refractivity contribution in [2.24, 2.45) is 5.41 Å². The van der Waals surface area contributed by atoms with Crippen molar-refractivity contribution in [3.05, 3.63) is 29.8 Å². The lowest BCUT2D eigenvalue weighted by Crippen LogP contribution is -2.33. The molecule has 2 rings (SSSR count). The highest BCUT2D eigenvalue weighted by Gasteiger charge is 2.32. The monoisotopic (exact) mass is 253 g/mol. The highest BCUT2D eigenvalue weighted by atomic mass is 35.5. The number of phenols is 1. The second-order valence-electron chi connectivity index (χ2n) is 5.11. The maximum atomic E-state index is 9.37. The van der Waals surface area contributed by atoms with E-state index in [1.54, 1.807) is 12.1 Å². The van der Waals surface area contributed by atoms with Crippen molar-refractivity contribution in [3.8, 4) is 5.75 Å². The molecule has 1 aromatic rings. The Labute approximate surface area is 108 Å². The van der Waals surface area contributed by atoms with Crippen LogP contribution < -0.4 is 5.32 Å². The second-order valence-corrected chi connectivity index (χ2v) is 5.38. The van der Waals surface area contributed by atoms with Crippen LogP contribution in [0.5, 0.6) is 5.75 Å². The third kappa shape index (κ3) is 3.36. The van der Waals surface area contributed by atoms with Gasteiger partial charge in [-0.05, 0) is 36.0 Å². The fourth-order valence-electron chi connectivity index (χ4n) is 2.62. The average Bonchev–Trinajstić information content (AvgIpc) is 2.79. The molecule has 0 aliphatic heterocycles. The Kier molecular flexibility index (Phi) is 4.30. The number of alkyl halides is 1. The van der Waals surface area contributed by atoms with Gasteiger partial charge < -0.3 is 10.4 Å². The number of rotatable bonds is 5. The normalized spacial score (nSPS) is 18.4. The Bertz CT molecular complexity index is 361. The van der Waals surface area contributed by atoms with Gasteiger partial charge in [-0.15, -0.1) is 11.6 Å². The van der Waals surface area contributed by atoms with Crippen LogP contribution in [0.3, 0.4) is 0 Å². The van der Waals surface area contributed by atoms with Crippen LogP contribution in [-0.2, 0) is 6.54 Å². The third-order valence-corrected chi connectivity index (χ3v) is 4.25. The van der Waals surface area contributed by atoms with Crippen molar-refractivity contribution in [1.29, 1.82) is 0 Å². The summed E-state index contributed by atoms with van der Waals surface area (Å²) in [6.07, 6.45) is 5.09. The molecule has 1 aliphatic carbocycles. The largest absolute Gasteiger partial charge is 0.508 e. The first kappa shape index (κ1) is 12.7. The Balaban J connectivity index is 1.82. The molecule has 0 aromatic heterocycles. The van der Waals surface area contributed by atoms with Crippen LogP contribution in [0, 0.1) is 5.41 Å². The molecule has 1 aliphatic rings. The molecule has 0 unspecified atom stereocenters. The minimum Gasteiger partial charge on any atom is -0.508 e. The Morgan fingerprint density at radius 1 is 1.29 bits per heavy atom. The number of benzene rings is 1. The van der Waals surface area contributed by atoms with E-state index in [0.29, 0.717) is 11.2 Å². The summed E-state index contributed by atoms with van der Waals surface area (Å²) in [5.41, 5.74) is 1.42. The Hall–Kier alpha value is -0.730. The summed E-state index contributed by atoms with van der Waals surface area (Å²) in [4.78, 5) is 0. The maximum Gasteiger partial charge on any atom is 0.115 e. The molecule has 0 amide bonds. The lowest BCUT2D eigenvalue weighted by molar-refractivity contribution is 0.320. The standard InChI is InChI=1S/C14H20ClNO/c15-10-14(6-1-2-7-14)11-16-9-12-4-3-5-13(17)8-12/h3-5,8,16-17H,1-2,6-7,9-11H2. The van der Waals surface area contributed by atoms with E-state index in [0.717, 1.165) is 24.5 Å². The minimum absolute atomic E-state index is 0.304. The molecule has 0 spiro atoms. The quantitative estimate of drug-likeness (QED) is 0.790. The first-order chi connectivity index (χ1) is 8.24. The van der Waals surface area contributed by atoms with Crippen molar-refractivity contribution >= 4 is 11.6 Å². The molecule has 2 nitrogen and oxygen atoms in total. The molecule has 0 bridgehead atoms. The van der Waals surface area contributed by atoms with Gasteiger partial charge in [-0.2, -0.15) is 0 Å². The lowest BCUT2D eigenvalue weighted by atomic mass is 9.88. The molecule has 17 heavy (non-hydrogen) atoms. The zero-order valence-electron chi connectivity index (χ0n) is 10.1. The maximum absolute atomic E-state index is 9.37. The van der Waals surface area contributed by atoms with Gasteiger partial charge in [-0.25, -0.2) is 0 Å². The number of nitrogens with one attached hydrogen (secondary N) is 1. The third-order valence-electron chi connectivity index (χ3n) is 3.69. The van der Waals surface area contributed by atoms with Gasteiger partial charge in [0, 0.05) is 19.0 Å². The topological polar surface area (TPSA) is 32.3 Å². The van der Waals surface area contributed by atoms with Gasteiger partial charge in [-0.3, -0.25) is 0 Å². The van der Waals surface area contributed by atoms with Gasteiger partial charge in [0.05, 0.1) is 0 Å². The van der Waals surface area contributed by atoms with Crippen molar-refractivity contribution in [2.45, 2.75) is 32.2 Å². The minimum atomic E-state index is 0.304. The van der Waals surface area contributed by atoms with Crippen LogP contribution in [0.15, 0.2) is 24.3 Å². The van der Waals surface area contributed by atoms with Gasteiger partial charge in [0.25, 0.3) is 0 Å². The summed E-state index contributed by atoms with van der Waals surface area (Å²) in [7, 11) is 0. The number of hydrogen-bond donors (Lipinski definition) is 2. The fraction of sp³-hybridized carbons (Fsp3) is 0.571. The summed E-state index contributed by atoms with van der Waals surface area (Å²) in [6, 6.07) is 7.39. The molecule has 0 heterocycles. The van der Waals surface area contributed by atoms with Crippen LogP contribution >= 0.6 is 11.6 Å². The summed E-state index contributed by atoms with van der Waals surface area (Å²) < 4.78 is 0. The van der Waals surface area contributed by atoms with E-state index in [1.165, 1.54) is 25.7 Å². The van der Waals surface area contributed by atoms with Gasteiger partial charge in [0.1, 0.15) is 5.75 Å². The highest BCUT2D eigenvalue weighted by molar-refractivity contribution is 6.18. The molecule has 94 valence electrons. The van der Waals surface area contributed by atoms with Crippen molar-refractivity contribution in [1.82, 2.24) is 5.32 Å². The van der Waals surface area contributed by atoms with E-state index in [4.69, 9.17) is 11.6 Å². The van der Waals surface area contributed by atoms with Crippen molar-refractivity contribution < 1.29 is 5.11 Å². The number of hydrogen-bond acceptors (Lipinski definition) is 2. The molecular weight excluding hydrogens is 234 g/mol. The van der Waals surface area contributed by atoms with Gasteiger partial charge >= 0.3 is 0 Å². The highest BCUT2D eigenvalue weighted by Crippen LogP contribution is 2.38. The molecule has 1 fully saturated rings. The first-order valence-electron chi connectivity index (χ1n) is 6.29. The van der Waals surface area contributed by atoms with E-state index < -0.39 is 0 Å². The zero-order chi connectivity index (χ0) is 12.1. The van der Waals surface area contributed by atoms with E-state index in [-0.39, 0.29) is 0 Å². The van der Waals surface area contributed by atoms with E-state index in [1.807, 2.05) is 12.1 Å². The van der Waals surface area contributed by atoms with E-state index >= 15 is 0 Å². The Morgan fingerprint density at radius 3 is 2.71 bits per heavy atom. The average molecular weight is 254 g/mol. The summed E-state index contributed by atoms with van der Waals surface area (Å²) in [5, 5.41) is 12.8. The van der Waals surface area contributed by atoms with Gasteiger partial charge in [0.2, 0.25) is 0 Å². The summed E-state index contributed by atoms with van der Waals surface area (Å²) >= 11 is 6.09. The Morgan fingerprint density at radius 2 is 2.06 bits per heavy atom. The molecule has 3 heteroatoms. The summed E-state index contributed by atoms with van der Waals surface area (Å²) in [6.45, 7) is 1.78. The van der Waals surface area contributed by atoms with E-state index in [9.17, 15) is 5.11 Å². The van der Waals surface area contributed by atoms with Crippen LogP contribution in [0.25, 0.3) is 0 Å². The van der Waals surface area contributed by atoms with Crippen molar-refractivity contribution in [2.75, 3.05) is 12.4 Å². The lowest BCUT2D eigenvalue weighted by Gasteiger charge is -2.26. The molecular formula is C14H20ClNO. The fourth-order valence-corrected chi connectivity index (χ4v) is 2.98. The molecule has 2 N–H and O–H groups in total. The van der Waals surface area contributed by atoms with E-state index in [2.05, 4.69) is 5.32 Å². The molecule has 1 saturated carbocycles. The number of phenolic OH excluding ortho intramolecular Hbond substituents is 1. The molecule has 1 aromatic carbocycles. The van der Waals surface area contributed by atoms with Crippen LogP contribution in [-0.4, -0.2) is 17.5 Å². The second kappa shape index (κ2) is 5.74. The van der Waals surface area contributed by atoms with Crippen LogP contribution in [0.2, 0.25) is 0 Å².